The molecule has 3 rings (SSSR count). The van der Waals surface area contributed by atoms with Gasteiger partial charge in [0.05, 0.1) is 11.7 Å². The van der Waals surface area contributed by atoms with Gasteiger partial charge in [0, 0.05) is 18.8 Å². The third-order valence-electron chi connectivity index (χ3n) is 6.93. The second-order valence-electron chi connectivity index (χ2n) is 9.15. The molecule has 29 heavy (non-hydrogen) atoms. The van der Waals surface area contributed by atoms with E-state index in [-0.39, 0.29) is 17.6 Å². The molecule has 2 heterocycles. The third-order valence-corrected chi connectivity index (χ3v) is 6.93. The minimum absolute atomic E-state index is 0.0265. The summed E-state index contributed by atoms with van der Waals surface area (Å²) in [6.07, 6.45) is 14.8. The minimum Gasteiger partial charge on any atom is -0.336 e. The number of carbonyl (C=O) groups excluding carboxylic acids is 1. The van der Waals surface area contributed by atoms with Gasteiger partial charge in [0.1, 0.15) is 0 Å². The predicted molar refractivity (Wildman–Crippen MR) is 118 cm³/mol. The van der Waals surface area contributed by atoms with Crippen molar-refractivity contribution in [2.45, 2.75) is 90.8 Å². The van der Waals surface area contributed by atoms with Crippen molar-refractivity contribution in [2.24, 2.45) is 17.8 Å². The molecular formula is C24H39N3O2. The van der Waals surface area contributed by atoms with Crippen LogP contribution in [0.25, 0.3) is 0 Å². The van der Waals surface area contributed by atoms with Gasteiger partial charge in [-0.3, -0.25) is 14.9 Å². The van der Waals surface area contributed by atoms with Gasteiger partial charge < -0.3 is 9.88 Å². The number of amides is 1. The quantitative estimate of drug-likeness (QED) is 0.682. The molecule has 0 radical (unpaired) electrons. The lowest BCUT2D eigenvalue weighted by atomic mass is 9.77. The van der Waals surface area contributed by atoms with Gasteiger partial charge in [-0.1, -0.05) is 51.9 Å². The van der Waals surface area contributed by atoms with Crippen molar-refractivity contribution in [2.75, 3.05) is 6.54 Å². The highest BCUT2D eigenvalue weighted by molar-refractivity contribution is 5.94. The fourth-order valence-corrected chi connectivity index (χ4v) is 5.24. The molecule has 1 aliphatic heterocycles. The normalized spacial score (nSPS) is 25.7. The SMILES string of the molecule is CCCCC1CC(CC2CCCCC2)CNC1NC(=O)c1ccc(=O)n(CC)c1. The van der Waals surface area contributed by atoms with E-state index in [9.17, 15) is 9.59 Å². The van der Waals surface area contributed by atoms with E-state index in [4.69, 9.17) is 0 Å². The van der Waals surface area contributed by atoms with E-state index in [1.165, 1.54) is 63.9 Å². The number of aryl methyl sites for hydroxylation is 1. The van der Waals surface area contributed by atoms with Gasteiger partial charge >= 0.3 is 0 Å². The number of piperidine rings is 1. The first kappa shape index (κ1) is 22.1. The summed E-state index contributed by atoms with van der Waals surface area (Å²) >= 11 is 0. The zero-order valence-electron chi connectivity index (χ0n) is 18.3. The van der Waals surface area contributed by atoms with Crippen LogP contribution in [0, 0.1) is 17.8 Å². The number of nitrogens with one attached hydrogen (secondary N) is 2. The van der Waals surface area contributed by atoms with Gasteiger partial charge in [-0.15, -0.1) is 0 Å². The van der Waals surface area contributed by atoms with Crippen molar-refractivity contribution >= 4 is 5.91 Å². The van der Waals surface area contributed by atoms with Crippen molar-refractivity contribution < 1.29 is 4.79 Å². The van der Waals surface area contributed by atoms with E-state index in [1.54, 1.807) is 16.8 Å². The number of aromatic nitrogens is 1. The van der Waals surface area contributed by atoms with Gasteiger partial charge in [0.2, 0.25) is 0 Å². The van der Waals surface area contributed by atoms with Gasteiger partial charge in [-0.05, 0) is 56.6 Å². The van der Waals surface area contributed by atoms with E-state index in [1.807, 2.05) is 6.92 Å². The number of carbonyl (C=O) groups is 1. The third kappa shape index (κ3) is 6.18. The molecule has 5 heteroatoms. The standard InChI is InChI=1S/C24H39N3O2/c1-3-5-11-20-15-19(14-18-9-7-6-8-10-18)16-25-23(20)26-24(29)21-12-13-22(28)27(4-2)17-21/h12-13,17-20,23,25H,3-11,14-16H2,1-2H3,(H,26,29). The molecule has 1 aliphatic carbocycles. The Morgan fingerprint density at radius 2 is 1.97 bits per heavy atom. The maximum absolute atomic E-state index is 12.8. The zero-order valence-corrected chi connectivity index (χ0v) is 18.3. The Bertz CT molecular complexity index is 708. The number of unbranched alkanes of at least 4 members (excludes halogenated alkanes) is 1. The smallest absolute Gasteiger partial charge is 0.253 e. The van der Waals surface area contributed by atoms with Gasteiger partial charge in [0.25, 0.3) is 11.5 Å². The Labute approximate surface area is 175 Å². The molecule has 3 atom stereocenters. The van der Waals surface area contributed by atoms with Crippen LogP contribution in [0.3, 0.4) is 0 Å². The fraction of sp³-hybridized carbons (Fsp3) is 0.750. The summed E-state index contributed by atoms with van der Waals surface area (Å²) in [4.78, 5) is 24.6. The van der Waals surface area contributed by atoms with Crippen LogP contribution >= 0.6 is 0 Å². The molecule has 2 fully saturated rings. The maximum Gasteiger partial charge on any atom is 0.253 e. The monoisotopic (exact) mass is 401 g/mol. The highest BCUT2D eigenvalue weighted by atomic mass is 16.2. The molecule has 0 spiro atoms. The van der Waals surface area contributed by atoms with E-state index < -0.39 is 0 Å². The average molecular weight is 402 g/mol. The van der Waals surface area contributed by atoms with Crippen molar-refractivity contribution in [1.29, 1.82) is 0 Å². The summed E-state index contributed by atoms with van der Waals surface area (Å²) in [5.74, 6) is 2.04. The molecule has 0 aromatic carbocycles. The molecule has 162 valence electrons. The van der Waals surface area contributed by atoms with Crippen LogP contribution in [0.5, 0.6) is 0 Å². The van der Waals surface area contributed by atoms with E-state index in [0.29, 0.717) is 18.0 Å². The van der Waals surface area contributed by atoms with Crippen LogP contribution in [0.4, 0.5) is 0 Å². The lowest BCUT2D eigenvalue weighted by Gasteiger charge is -2.39. The molecule has 2 N–H and O–H groups in total. The predicted octanol–water partition coefficient (Wildman–Crippen LogP) is 4.31. The van der Waals surface area contributed by atoms with Crippen LogP contribution in [0.1, 0.15) is 88.4 Å². The molecule has 5 nitrogen and oxygen atoms in total. The number of rotatable bonds is 8. The summed E-state index contributed by atoms with van der Waals surface area (Å²) in [7, 11) is 0. The fourth-order valence-electron chi connectivity index (χ4n) is 5.24. The summed E-state index contributed by atoms with van der Waals surface area (Å²) in [6.45, 7) is 5.72. The summed E-state index contributed by atoms with van der Waals surface area (Å²) < 4.78 is 1.58. The summed E-state index contributed by atoms with van der Waals surface area (Å²) in [5, 5.41) is 6.88. The Hall–Kier alpha value is -1.62. The van der Waals surface area contributed by atoms with Crippen molar-refractivity contribution in [1.82, 2.24) is 15.2 Å². The van der Waals surface area contributed by atoms with Crippen molar-refractivity contribution in [3.63, 3.8) is 0 Å². The van der Waals surface area contributed by atoms with E-state index in [2.05, 4.69) is 17.6 Å². The zero-order chi connectivity index (χ0) is 20.6. The Balaban J connectivity index is 1.61. The average Bonchev–Trinajstić information content (AvgIpc) is 2.74. The second kappa shape index (κ2) is 11.0. The van der Waals surface area contributed by atoms with E-state index in [0.717, 1.165) is 24.8 Å². The van der Waals surface area contributed by atoms with Crippen LogP contribution in [0.2, 0.25) is 0 Å². The number of pyridine rings is 1. The molecule has 1 saturated carbocycles. The molecular weight excluding hydrogens is 362 g/mol. The number of hydrogen-bond donors (Lipinski definition) is 2. The number of hydrogen-bond acceptors (Lipinski definition) is 3. The topological polar surface area (TPSA) is 63.1 Å². The molecule has 0 bridgehead atoms. The lowest BCUT2D eigenvalue weighted by molar-refractivity contribution is 0.0853. The molecule has 1 amide bonds. The lowest BCUT2D eigenvalue weighted by Crippen LogP contribution is -2.55. The van der Waals surface area contributed by atoms with Crippen molar-refractivity contribution in [3.8, 4) is 0 Å². The second-order valence-corrected chi connectivity index (χ2v) is 9.15. The van der Waals surface area contributed by atoms with Gasteiger partial charge in [-0.2, -0.15) is 0 Å². The van der Waals surface area contributed by atoms with E-state index >= 15 is 0 Å². The molecule has 2 aliphatic rings. The molecule has 1 saturated heterocycles. The van der Waals surface area contributed by atoms with Crippen LogP contribution in [-0.2, 0) is 6.54 Å². The summed E-state index contributed by atoms with van der Waals surface area (Å²) in [5.41, 5.74) is 0.498. The molecule has 1 aromatic heterocycles. The number of nitrogens with zero attached hydrogens (tertiary/aromatic N) is 1. The Kier molecular flexibility index (Phi) is 8.34. The first-order valence-electron chi connectivity index (χ1n) is 11.9. The largest absolute Gasteiger partial charge is 0.336 e. The van der Waals surface area contributed by atoms with Crippen LogP contribution < -0.4 is 16.2 Å². The molecule has 1 aromatic rings. The van der Waals surface area contributed by atoms with Crippen molar-refractivity contribution in [3.05, 3.63) is 34.2 Å². The Morgan fingerprint density at radius 3 is 2.69 bits per heavy atom. The first-order chi connectivity index (χ1) is 14.1. The van der Waals surface area contributed by atoms with Crippen LogP contribution in [0.15, 0.2) is 23.1 Å². The highest BCUT2D eigenvalue weighted by Gasteiger charge is 2.32. The first-order valence-corrected chi connectivity index (χ1v) is 11.9. The van der Waals surface area contributed by atoms with Gasteiger partial charge in [-0.25, -0.2) is 0 Å². The van der Waals surface area contributed by atoms with Crippen LogP contribution in [-0.4, -0.2) is 23.2 Å². The minimum atomic E-state index is -0.0862. The molecule has 3 unspecified atom stereocenters. The Morgan fingerprint density at radius 1 is 1.17 bits per heavy atom. The maximum atomic E-state index is 12.8. The highest BCUT2D eigenvalue weighted by Crippen LogP contribution is 2.34. The van der Waals surface area contributed by atoms with Gasteiger partial charge in [0.15, 0.2) is 0 Å². The summed E-state index contributed by atoms with van der Waals surface area (Å²) in [6, 6.07) is 3.13.